The Kier molecular flexibility index (Phi) is 9.28. The van der Waals surface area contributed by atoms with Crippen LogP contribution in [0.1, 0.15) is 12.5 Å². The van der Waals surface area contributed by atoms with Crippen molar-refractivity contribution in [1.82, 2.24) is 0 Å². The van der Waals surface area contributed by atoms with Crippen LogP contribution in [0.15, 0.2) is 30.3 Å². The van der Waals surface area contributed by atoms with Crippen molar-refractivity contribution in [3.8, 4) is 0 Å². The molecule has 50 valence electrons. The molecule has 0 aromatic heterocycles. The summed E-state index contributed by atoms with van der Waals surface area (Å²) < 4.78 is 0. The Labute approximate surface area is 84.6 Å². The fraction of sp³-hybridized carbons (Fsp3) is 0.125. The van der Waals surface area contributed by atoms with Gasteiger partial charge in [0.25, 0.3) is 0 Å². The number of hydrogen-bond acceptors (Lipinski definition) is 0. The van der Waals surface area contributed by atoms with Crippen LogP contribution in [0.4, 0.5) is 0 Å². The van der Waals surface area contributed by atoms with Gasteiger partial charge in [0, 0.05) is 0 Å². The predicted octanol–water partition coefficient (Wildman–Crippen LogP) is -1.12. The van der Waals surface area contributed by atoms with Gasteiger partial charge >= 0.3 is 23.1 Å². The quantitative estimate of drug-likeness (QED) is 0.365. The minimum Gasteiger partial charge on any atom is -1.00 e. The van der Waals surface area contributed by atoms with E-state index >= 15 is 0 Å². The molecule has 0 saturated heterocycles. The van der Waals surface area contributed by atoms with Crippen molar-refractivity contribution in [3.05, 3.63) is 42.3 Å². The summed E-state index contributed by atoms with van der Waals surface area (Å²) in [5, 5.41) is 0. The molecular weight excluding hydrogens is 156 g/mol. The van der Waals surface area contributed by atoms with Crippen LogP contribution in [0.25, 0.3) is 0 Å². The van der Waals surface area contributed by atoms with Crippen LogP contribution >= 0.6 is 0 Å². The van der Waals surface area contributed by atoms with Crippen molar-refractivity contribution in [2.24, 2.45) is 0 Å². The molecule has 0 aliphatic heterocycles. The van der Waals surface area contributed by atoms with E-state index < -0.39 is 0 Å². The van der Waals surface area contributed by atoms with Crippen molar-refractivity contribution >= 4 is 23.1 Å². The van der Waals surface area contributed by atoms with Gasteiger partial charge in [0.1, 0.15) is 0 Å². The molecule has 1 aromatic carbocycles. The average Bonchev–Trinajstić information content (AvgIpc) is 1.90. The smallest absolute Gasteiger partial charge is 1.00 e. The fourth-order valence-electron chi connectivity index (χ4n) is 0.645. The Morgan fingerprint density at radius 1 is 1.10 bits per heavy atom. The fourth-order valence-corrected chi connectivity index (χ4v) is 0.645. The molecule has 0 nitrogen and oxygen atoms in total. The van der Waals surface area contributed by atoms with Gasteiger partial charge in [-0.25, -0.2) is 0 Å². The number of hydrogen-bond donors (Lipinski definition) is 0. The topological polar surface area (TPSA) is 0 Å². The van der Waals surface area contributed by atoms with Crippen LogP contribution in [0.3, 0.4) is 0 Å². The van der Waals surface area contributed by atoms with Gasteiger partial charge in [0.2, 0.25) is 0 Å². The van der Waals surface area contributed by atoms with Crippen LogP contribution in [0.2, 0.25) is 0 Å². The summed E-state index contributed by atoms with van der Waals surface area (Å²) in [7, 11) is 0. The van der Waals surface area contributed by atoms with Gasteiger partial charge in [-0.05, 0) is 0 Å². The summed E-state index contributed by atoms with van der Waals surface area (Å²) in [4.78, 5) is 0. The van der Waals surface area contributed by atoms with Gasteiger partial charge < -0.3 is 12.4 Å². The van der Waals surface area contributed by atoms with Gasteiger partial charge in [0.05, 0.1) is 0 Å². The van der Waals surface area contributed by atoms with Gasteiger partial charge in [0.15, 0.2) is 0 Å². The molecule has 0 fully saturated rings. The molecule has 0 radical (unpaired) electrons. The molecule has 10 heavy (non-hydrogen) atoms. The third-order valence-corrected chi connectivity index (χ3v) is 1.13. The predicted molar refractivity (Wildman–Crippen MR) is 41.3 cm³/mol. The third kappa shape index (κ3) is 4.04. The number of halogens is 1. The van der Waals surface area contributed by atoms with Crippen molar-refractivity contribution < 1.29 is 12.4 Å². The first-order valence-corrected chi connectivity index (χ1v) is 2.78. The summed E-state index contributed by atoms with van der Waals surface area (Å²) in [5.74, 6) is 0. The molecule has 2 heteroatoms. The maximum absolute atomic E-state index is 2.08. The Balaban J connectivity index is 0. The van der Waals surface area contributed by atoms with E-state index in [9.17, 15) is 0 Å². The van der Waals surface area contributed by atoms with Crippen molar-refractivity contribution in [1.29, 1.82) is 0 Å². The first-order valence-electron chi connectivity index (χ1n) is 2.78. The van der Waals surface area contributed by atoms with Crippen molar-refractivity contribution in [3.63, 3.8) is 0 Å². The van der Waals surface area contributed by atoms with Crippen LogP contribution in [-0.4, -0.2) is 23.1 Å². The molecule has 0 spiro atoms. The average molecular weight is 165 g/mol. The second kappa shape index (κ2) is 7.26. The summed E-state index contributed by atoms with van der Waals surface area (Å²) in [6, 6.07) is 10.3. The zero-order valence-electron chi connectivity index (χ0n) is 6.05. The molecule has 0 bridgehead atoms. The Morgan fingerprint density at radius 3 is 1.90 bits per heavy atom. The maximum atomic E-state index is 2.08. The molecular formula is C8H9ClMg. The standard InChI is InChI=1S/C8H9.ClH.Mg/c1-2-8-6-4-3-5-7-8;;/h2-7H,1H3;1H;/q-1;;+2/p-1. The Morgan fingerprint density at radius 2 is 1.60 bits per heavy atom. The van der Waals surface area contributed by atoms with E-state index in [0.717, 1.165) is 0 Å². The molecule has 1 aromatic rings. The summed E-state index contributed by atoms with van der Waals surface area (Å²) in [6.07, 6.45) is 2.08. The van der Waals surface area contributed by atoms with Gasteiger partial charge in [-0.3, -0.25) is 0 Å². The van der Waals surface area contributed by atoms with Crippen LogP contribution in [-0.2, 0) is 0 Å². The third-order valence-electron chi connectivity index (χ3n) is 1.13. The second-order valence-corrected chi connectivity index (χ2v) is 1.70. The van der Waals surface area contributed by atoms with E-state index in [2.05, 4.69) is 18.6 Å². The van der Waals surface area contributed by atoms with Crippen molar-refractivity contribution in [2.45, 2.75) is 6.92 Å². The largest absolute Gasteiger partial charge is 2.00 e. The minimum atomic E-state index is 0. The van der Waals surface area contributed by atoms with Gasteiger partial charge in [-0.1, -0.05) is 13.0 Å². The summed E-state index contributed by atoms with van der Waals surface area (Å²) in [6.45, 7) is 2.04. The number of rotatable bonds is 1. The van der Waals surface area contributed by atoms with Crippen LogP contribution in [0.5, 0.6) is 0 Å². The zero-order chi connectivity index (χ0) is 5.82. The molecule has 0 aliphatic rings. The van der Waals surface area contributed by atoms with E-state index in [-0.39, 0.29) is 35.5 Å². The normalized spacial score (nSPS) is 6.90. The Bertz CT molecular complexity index is 151. The Hall–Kier alpha value is 0.146. The maximum Gasteiger partial charge on any atom is 2.00 e. The van der Waals surface area contributed by atoms with Crippen LogP contribution < -0.4 is 12.4 Å². The molecule has 1 rings (SSSR count). The zero-order valence-corrected chi connectivity index (χ0v) is 8.22. The van der Waals surface area contributed by atoms with Gasteiger partial charge in [-0.15, -0.1) is 12.1 Å². The molecule has 0 heterocycles. The molecule has 0 N–H and O–H groups in total. The van der Waals surface area contributed by atoms with Crippen molar-refractivity contribution in [2.75, 3.05) is 0 Å². The van der Waals surface area contributed by atoms with E-state index in [1.165, 1.54) is 5.56 Å². The first kappa shape index (κ1) is 12.8. The molecule has 0 saturated carbocycles. The number of benzene rings is 1. The summed E-state index contributed by atoms with van der Waals surface area (Å²) >= 11 is 0. The molecule has 0 aliphatic carbocycles. The van der Waals surface area contributed by atoms with E-state index in [0.29, 0.717) is 0 Å². The first-order chi connectivity index (χ1) is 3.93. The molecule has 0 atom stereocenters. The van der Waals surface area contributed by atoms with E-state index in [4.69, 9.17) is 0 Å². The van der Waals surface area contributed by atoms with E-state index in [1.54, 1.807) is 0 Å². The summed E-state index contributed by atoms with van der Waals surface area (Å²) in [5.41, 5.74) is 1.28. The molecule has 0 unspecified atom stereocenters. The monoisotopic (exact) mass is 164 g/mol. The SMILES string of the molecule is C[CH-]c1ccccc1.[Cl-].[Mg+2]. The molecule has 0 amide bonds. The van der Waals surface area contributed by atoms with Crippen LogP contribution in [0, 0.1) is 6.42 Å². The second-order valence-electron chi connectivity index (χ2n) is 1.70. The van der Waals surface area contributed by atoms with Gasteiger partial charge in [-0.2, -0.15) is 24.1 Å². The minimum absolute atomic E-state index is 0. The van der Waals surface area contributed by atoms with E-state index in [1.807, 2.05) is 25.1 Å².